The largest absolute Gasteiger partial charge is 0.465 e. The minimum absolute atomic E-state index is 0.191. The van der Waals surface area contributed by atoms with Gasteiger partial charge in [0.05, 0.1) is 26.7 Å². The standard InChI is InChI=1S/C20H15BrF3N5O2S2/c21-16-15(17-28-13-5-6-25-9-14(13)32-17)33-18(29-16)26-8-12(27-19(30)31)7-10-1-3-11(4-2-10)20(22,23)24/h1-6,9,12,27H,7-8H2,(H,26,29)(H,30,31)/t12-/m0/s1. The van der Waals surface area contributed by atoms with E-state index >= 15 is 0 Å². The Morgan fingerprint density at radius 2 is 1.91 bits per heavy atom. The van der Waals surface area contributed by atoms with Crippen molar-refractivity contribution in [3.05, 3.63) is 58.5 Å². The highest BCUT2D eigenvalue weighted by molar-refractivity contribution is 9.10. The number of alkyl halides is 3. The van der Waals surface area contributed by atoms with E-state index in [1.54, 1.807) is 12.4 Å². The lowest BCUT2D eigenvalue weighted by atomic mass is 10.0. The number of nitrogens with one attached hydrogen (secondary N) is 2. The average molecular weight is 558 g/mol. The molecule has 0 spiro atoms. The molecule has 0 aliphatic carbocycles. The molecule has 4 rings (SSSR count). The van der Waals surface area contributed by atoms with Crippen LogP contribution in [0.15, 0.2) is 47.3 Å². The van der Waals surface area contributed by atoms with Crippen molar-refractivity contribution in [3.63, 3.8) is 0 Å². The monoisotopic (exact) mass is 557 g/mol. The van der Waals surface area contributed by atoms with Crippen molar-refractivity contribution in [1.29, 1.82) is 0 Å². The number of pyridine rings is 1. The first-order valence-electron chi connectivity index (χ1n) is 9.46. The van der Waals surface area contributed by atoms with Crippen LogP contribution in [0.25, 0.3) is 20.1 Å². The Balaban J connectivity index is 1.46. The molecule has 172 valence electrons. The number of carbonyl (C=O) groups is 1. The lowest BCUT2D eigenvalue weighted by Crippen LogP contribution is -2.40. The Kier molecular flexibility index (Phi) is 6.81. The van der Waals surface area contributed by atoms with Crippen LogP contribution in [-0.2, 0) is 12.6 Å². The molecular weight excluding hydrogens is 543 g/mol. The van der Waals surface area contributed by atoms with Crippen molar-refractivity contribution in [3.8, 4) is 9.88 Å². The SMILES string of the molecule is O=C(O)N[C@H](CNc1nc(Br)c(-c2nc3ccncc3s2)s1)Cc1ccc(C(F)(F)F)cc1. The Labute approximate surface area is 201 Å². The summed E-state index contributed by atoms with van der Waals surface area (Å²) in [5.74, 6) is 0. The number of carboxylic acid groups (broad SMARTS) is 1. The third-order valence-corrected chi connectivity index (χ3v) is 7.57. The summed E-state index contributed by atoms with van der Waals surface area (Å²) >= 11 is 6.29. The van der Waals surface area contributed by atoms with E-state index in [4.69, 9.17) is 5.11 Å². The number of hydrogen-bond donors (Lipinski definition) is 3. The molecule has 0 unspecified atom stereocenters. The Hall–Kier alpha value is -2.77. The van der Waals surface area contributed by atoms with Crippen LogP contribution in [0.3, 0.4) is 0 Å². The molecule has 33 heavy (non-hydrogen) atoms. The van der Waals surface area contributed by atoms with Crippen molar-refractivity contribution in [2.45, 2.75) is 18.6 Å². The summed E-state index contributed by atoms with van der Waals surface area (Å²) in [5.41, 5.74) is 0.660. The fourth-order valence-corrected chi connectivity index (χ4v) is 5.79. The molecular formula is C20H15BrF3N5O2S2. The summed E-state index contributed by atoms with van der Waals surface area (Å²) in [4.78, 5) is 25.1. The highest BCUT2D eigenvalue weighted by Crippen LogP contribution is 2.39. The van der Waals surface area contributed by atoms with Gasteiger partial charge in [-0.15, -0.1) is 11.3 Å². The zero-order chi connectivity index (χ0) is 23.6. The number of rotatable bonds is 7. The van der Waals surface area contributed by atoms with Gasteiger partial charge in [0.1, 0.15) is 9.61 Å². The molecule has 0 saturated carbocycles. The van der Waals surface area contributed by atoms with Gasteiger partial charge in [-0.2, -0.15) is 13.2 Å². The van der Waals surface area contributed by atoms with Crippen molar-refractivity contribution >= 4 is 60.0 Å². The number of aromatic nitrogens is 3. The third kappa shape index (κ3) is 5.78. The van der Waals surface area contributed by atoms with Crippen LogP contribution in [0, 0.1) is 0 Å². The van der Waals surface area contributed by atoms with E-state index in [9.17, 15) is 18.0 Å². The van der Waals surface area contributed by atoms with E-state index < -0.39 is 23.9 Å². The van der Waals surface area contributed by atoms with E-state index in [1.165, 1.54) is 34.8 Å². The van der Waals surface area contributed by atoms with Gasteiger partial charge in [0.2, 0.25) is 0 Å². The van der Waals surface area contributed by atoms with Crippen molar-refractivity contribution in [2.24, 2.45) is 0 Å². The summed E-state index contributed by atoms with van der Waals surface area (Å²) in [6.07, 6.45) is -2.02. The van der Waals surface area contributed by atoms with Crippen molar-refractivity contribution in [2.75, 3.05) is 11.9 Å². The zero-order valence-corrected chi connectivity index (χ0v) is 19.8. The molecule has 3 aromatic heterocycles. The number of amides is 1. The second-order valence-electron chi connectivity index (χ2n) is 6.93. The predicted octanol–water partition coefficient (Wildman–Crippen LogP) is 5.89. The van der Waals surface area contributed by atoms with Gasteiger partial charge in [-0.1, -0.05) is 23.5 Å². The second kappa shape index (κ2) is 9.61. The smallest absolute Gasteiger partial charge is 0.416 e. The molecule has 0 saturated heterocycles. The van der Waals surface area contributed by atoms with Gasteiger partial charge in [0.25, 0.3) is 0 Å². The maximum Gasteiger partial charge on any atom is 0.416 e. The number of benzene rings is 1. The number of hydrogen-bond acceptors (Lipinski definition) is 7. The fourth-order valence-electron chi connectivity index (χ4n) is 3.06. The van der Waals surface area contributed by atoms with Crippen LogP contribution < -0.4 is 10.6 Å². The molecule has 4 aromatic rings. The van der Waals surface area contributed by atoms with Gasteiger partial charge in [0.15, 0.2) is 5.13 Å². The van der Waals surface area contributed by atoms with E-state index in [1.807, 2.05) is 6.07 Å². The minimum atomic E-state index is -4.42. The summed E-state index contributed by atoms with van der Waals surface area (Å²) in [5, 5.41) is 16.0. The number of nitrogens with zero attached hydrogens (tertiary/aromatic N) is 3. The molecule has 1 aromatic carbocycles. The lowest BCUT2D eigenvalue weighted by molar-refractivity contribution is -0.137. The predicted molar refractivity (Wildman–Crippen MR) is 125 cm³/mol. The summed E-state index contributed by atoms with van der Waals surface area (Å²) in [6, 6.07) is 5.90. The van der Waals surface area contributed by atoms with Gasteiger partial charge >= 0.3 is 12.3 Å². The molecule has 0 aliphatic rings. The molecule has 1 atom stereocenters. The van der Waals surface area contributed by atoms with Gasteiger partial charge < -0.3 is 15.7 Å². The molecule has 3 N–H and O–H groups in total. The Morgan fingerprint density at radius 3 is 2.58 bits per heavy atom. The quantitative estimate of drug-likeness (QED) is 0.262. The first-order chi connectivity index (χ1) is 15.7. The highest BCUT2D eigenvalue weighted by atomic mass is 79.9. The van der Waals surface area contributed by atoms with Crippen molar-refractivity contribution in [1.82, 2.24) is 20.3 Å². The zero-order valence-electron chi connectivity index (χ0n) is 16.6. The Morgan fingerprint density at radius 1 is 1.15 bits per heavy atom. The number of anilines is 1. The minimum Gasteiger partial charge on any atom is -0.465 e. The van der Waals surface area contributed by atoms with E-state index in [0.717, 1.165) is 32.2 Å². The molecule has 1 amide bonds. The molecule has 0 radical (unpaired) electrons. The molecule has 0 bridgehead atoms. The number of thiazole rings is 2. The molecule has 0 aliphatic heterocycles. The molecule has 7 nitrogen and oxygen atoms in total. The Bertz CT molecular complexity index is 1240. The summed E-state index contributed by atoms with van der Waals surface area (Å²) < 4.78 is 39.8. The van der Waals surface area contributed by atoms with E-state index in [0.29, 0.717) is 15.3 Å². The normalized spacial score (nSPS) is 12.6. The summed E-state index contributed by atoms with van der Waals surface area (Å²) in [6.45, 7) is 0.191. The topological polar surface area (TPSA) is 100 Å². The first kappa shape index (κ1) is 23.4. The van der Waals surface area contributed by atoms with Crippen LogP contribution >= 0.6 is 38.6 Å². The van der Waals surface area contributed by atoms with E-state index in [2.05, 4.69) is 41.5 Å². The molecule has 13 heteroatoms. The van der Waals surface area contributed by atoms with Crippen LogP contribution in [0.1, 0.15) is 11.1 Å². The lowest BCUT2D eigenvalue weighted by Gasteiger charge is -2.18. The van der Waals surface area contributed by atoms with Gasteiger partial charge in [0, 0.05) is 18.9 Å². The van der Waals surface area contributed by atoms with Gasteiger partial charge in [-0.3, -0.25) is 4.98 Å². The maximum absolute atomic E-state index is 12.8. The average Bonchev–Trinajstić information content (AvgIpc) is 3.34. The molecule has 3 heterocycles. The van der Waals surface area contributed by atoms with Crippen LogP contribution in [0.2, 0.25) is 0 Å². The van der Waals surface area contributed by atoms with Crippen molar-refractivity contribution < 1.29 is 23.1 Å². The number of fused-ring (bicyclic) bond motifs is 1. The van der Waals surface area contributed by atoms with Crippen LogP contribution in [-0.4, -0.2) is 38.7 Å². The fraction of sp³-hybridized carbons (Fsp3) is 0.200. The van der Waals surface area contributed by atoms with Crippen LogP contribution in [0.5, 0.6) is 0 Å². The molecule has 0 fully saturated rings. The highest BCUT2D eigenvalue weighted by Gasteiger charge is 2.30. The van der Waals surface area contributed by atoms with E-state index in [-0.39, 0.29) is 13.0 Å². The summed E-state index contributed by atoms with van der Waals surface area (Å²) in [7, 11) is 0. The first-order valence-corrected chi connectivity index (χ1v) is 11.9. The second-order valence-corrected chi connectivity index (χ2v) is 9.71. The van der Waals surface area contributed by atoms with Crippen LogP contribution in [0.4, 0.5) is 23.1 Å². The third-order valence-electron chi connectivity index (χ3n) is 4.56. The van der Waals surface area contributed by atoms with Gasteiger partial charge in [-0.25, -0.2) is 14.8 Å². The maximum atomic E-state index is 12.8. The van der Waals surface area contributed by atoms with Gasteiger partial charge in [-0.05, 0) is 46.1 Å². The number of halogens is 4.